The maximum Gasteiger partial charge on any atom is 0.226 e. The molecule has 2 unspecified atom stereocenters. The Kier molecular flexibility index (Phi) is 7.38. The lowest BCUT2D eigenvalue weighted by Gasteiger charge is -2.15. The van der Waals surface area contributed by atoms with Crippen molar-refractivity contribution in [3.8, 4) is 0 Å². The fraction of sp³-hybridized carbons (Fsp3) is 0.400. The van der Waals surface area contributed by atoms with Crippen molar-refractivity contribution in [2.24, 2.45) is 5.92 Å². The van der Waals surface area contributed by atoms with Crippen molar-refractivity contribution in [1.82, 2.24) is 19.5 Å². The van der Waals surface area contributed by atoms with E-state index in [1.807, 2.05) is 12.1 Å². The summed E-state index contributed by atoms with van der Waals surface area (Å²) in [6.45, 7) is 2.60. The second-order valence-corrected chi connectivity index (χ2v) is 10.3. The third-order valence-electron chi connectivity index (χ3n) is 6.18. The number of nitrogen functional groups attached to an aromatic ring is 2. The SMILES string of the molecule is CC(C)(O)O.Nc1nc2cc(CCC3CCC(n4ccc5c(N)nc(Cl)nc54)C3)ccc2cc1Cl. The number of nitrogens with two attached hydrogens (primary N) is 2. The Balaban J connectivity index is 0.000000527. The van der Waals surface area contributed by atoms with Crippen LogP contribution < -0.4 is 11.5 Å². The number of rotatable bonds is 4. The van der Waals surface area contributed by atoms with Gasteiger partial charge in [-0.05, 0) is 87.2 Å². The fourth-order valence-electron chi connectivity index (χ4n) is 4.62. The van der Waals surface area contributed by atoms with Crippen LogP contribution in [0.5, 0.6) is 0 Å². The minimum atomic E-state index is -1.50. The highest BCUT2D eigenvalue weighted by Crippen LogP contribution is 2.39. The van der Waals surface area contributed by atoms with Gasteiger partial charge in [0, 0.05) is 17.6 Å². The number of aryl methyl sites for hydroxylation is 1. The van der Waals surface area contributed by atoms with Crippen molar-refractivity contribution in [2.75, 3.05) is 11.5 Å². The maximum absolute atomic E-state index is 8.08. The van der Waals surface area contributed by atoms with E-state index in [2.05, 4.69) is 43.9 Å². The first-order valence-corrected chi connectivity index (χ1v) is 12.3. The van der Waals surface area contributed by atoms with E-state index in [0.717, 1.165) is 47.6 Å². The summed E-state index contributed by atoms with van der Waals surface area (Å²) in [5.41, 5.74) is 14.9. The van der Waals surface area contributed by atoms with Gasteiger partial charge in [0.1, 0.15) is 17.3 Å². The van der Waals surface area contributed by atoms with Crippen LogP contribution in [0.25, 0.3) is 21.9 Å². The Morgan fingerprint density at radius 1 is 1.03 bits per heavy atom. The van der Waals surface area contributed by atoms with Crippen LogP contribution in [0.2, 0.25) is 10.3 Å². The predicted octanol–water partition coefficient (Wildman–Crippen LogP) is 5.13. The van der Waals surface area contributed by atoms with Gasteiger partial charge in [0.05, 0.1) is 15.9 Å². The van der Waals surface area contributed by atoms with E-state index in [9.17, 15) is 0 Å². The number of aliphatic hydroxyl groups is 2. The van der Waals surface area contributed by atoms with E-state index in [4.69, 9.17) is 44.9 Å². The molecule has 186 valence electrons. The summed E-state index contributed by atoms with van der Waals surface area (Å²) in [7, 11) is 0. The van der Waals surface area contributed by atoms with Gasteiger partial charge in [0.15, 0.2) is 5.79 Å². The molecular formula is C25H30Cl2N6O2. The molecule has 1 aromatic carbocycles. The second kappa shape index (κ2) is 10.1. The quantitative estimate of drug-likeness (QED) is 0.218. The van der Waals surface area contributed by atoms with E-state index in [0.29, 0.717) is 28.6 Å². The van der Waals surface area contributed by atoms with E-state index < -0.39 is 5.79 Å². The lowest BCUT2D eigenvalue weighted by Crippen LogP contribution is -2.15. The van der Waals surface area contributed by atoms with E-state index in [1.54, 1.807) is 0 Å². The Bertz CT molecular complexity index is 1350. The third-order valence-corrected chi connectivity index (χ3v) is 6.66. The molecule has 0 aliphatic heterocycles. The van der Waals surface area contributed by atoms with Gasteiger partial charge in [-0.1, -0.05) is 23.7 Å². The van der Waals surface area contributed by atoms with E-state index >= 15 is 0 Å². The topological polar surface area (TPSA) is 136 Å². The van der Waals surface area contributed by atoms with Crippen LogP contribution in [0.4, 0.5) is 11.6 Å². The smallest absolute Gasteiger partial charge is 0.226 e. The zero-order valence-electron chi connectivity index (χ0n) is 19.7. The first kappa shape index (κ1) is 25.4. The molecule has 10 heteroatoms. The molecule has 1 aliphatic carbocycles. The third kappa shape index (κ3) is 6.32. The number of anilines is 2. The van der Waals surface area contributed by atoms with Crippen LogP contribution >= 0.6 is 23.2 Å². The van der Waals surface area contributed by atoms with Crippen LogP contribution in [-0.2, 0) is 6.42 Å². The summed E-state index contributed by atoms with van der Waals surface area (Å²) >= 11 is 12.1. The molecule has 0 spiro atoms. The van der Waals surface area contributed by atoms with Crippen LogP contribution in [0, 0.1) is 5.92 Å². The van der Waals surface area contributed by atoms with Crippen molar-refractivity contribution in [1.29, 1.82) is 0 Å². The number of hydrogen-bond donors (Lipinski definition) is 4. The van der Waals surface area contributed by atoms with Gasteiger partial charge < -0.3 is 26.2 Å². The molecule has 0 radical (unpaired) electrons. The molecule has 35 heavy (non-hydrogen) atoms. The van der Waals surface area contributed by atoms with Crippen LogP contribution in [-0.4, -0.2) is 35.5 Å². The average molecular weight is 517 g/mol. The number of halogens is 2. The predicted molar refractivity (Wildman–Crippen MR) is 141 cm³/mol. The van der Waals surface area contributed by atoms with Gasteiger partial charge in [0.25, 0.3) is 0 Å². The van der Waals surface area contributed by atoms with Gasteiger partial charge in [-0.3, -0.25) is 0 Å². The summed E-state index contributed by atoms with van der Waals surface area (Å²) in [5, 5.41) is 18.7. The molecule has 8 nitrogen and oxygen atoms in total. The van der Waals surface area contributed by atoms with Gasteiger partial charge in [-0.15, -0.1) is 0 Å². The van der Waals surface area contributed by atoms with Crippen molar-refractivity contribution in [3.63, 3.8) is 0 Å². The molecule has 1 fully saturated rings. The largest absolute Gasteiger partial charge is 0.383 e. The Morgan fingerprint density at radius 3 is 2.51 bits per heavy atom. The summed E-state index contributed by atoms with van der Waals surface area (Å²) in [6, 6.07) is 10.6. The highest BCUT2D eigenvalue weighted by Gasteiger charge is 2.27. The maximum atomic E-state index is 8.08. The minimum absolute atomic E-state index is 0.196. The van der Waals surface area contributed by atoms with Crippen molar-refractivity contribution < 1.29 is 10.2 Å². The zero-order valence-corrected chi connectivity index (χ0v) is 21.3. The minimum Gasteiger partial charge on any atom is -0.383 e. The van der Waals surface area contributed by atoms with Crippen molar-refractivity contribution in [3.05, 3.63) is 52.4 Å². The number of hydrogen-bond acceptors (Lipinski definition) is 7. The average Bonchev–Trinajstić information content (AvgIpc) is 3.39. The van der Waals surface area contributed by atoms with Crippen LogP contribution in [0.3, 0.4) is 0 Å². The summed E-state index contributed by atoms with van der Waals surface area (Å²) in [4.78, 5) is 12.9. The second-order valence-electron chi connectivity index (χ2n) is 9.59. The molecule has 0 saturated heterocycles. The highest BCUT2D eigenvalue weighted by molar-refractivity contribution is 6.33. The summed E-state index contributed by atoms with van der Waals surface area (Å²) < 4.78 is 2.21. The molecular weight excluding hydrogens is 487 g/mol. The number of nitrogens with zero attached hydrogens (tertiary/aromatic N) is 4. The number of aromatic nitrogens is 4. The van der Waals surface area contributed by atoms with Crippen molar-refractivity contribution >= 4 is 56.8 Å². The number of benzene rings is 1. The lowest BCUT2D eigenvalue weighted by atomic mass is 9.97. The number of pyridine rings is 1. The Labute approximate surface area is 213 Å². The molecule has 3 aromatic heterocycles. The van der Waals surface area contributed by atoms with Gasteiger partial charge in [-0.2, -0.15) is 4.98 Å². The molecule has 3 heterocycles. The molecule has 6 N–H and O–H groups in total. The fourth-order valence-corrected chi connectivity index (χ4v) is 4.95. The Hall–Kier alpha value is -2.65. The number of fused-ring (bicyclic) bond motifs is 2. The van der Waals surface area contributed by atoms with Gasteiger partial charge >= 0.3 is 0 Å². The van der Waals surface area contributed by atoms with Crippen LogP contribution in [0.1, 0.15) is 51.1 Å². The van der Waals surface area contributed by atoms with Gasteiger partial charge in [-0.25, -0.2) is 9.97 Å². The monoisotopic (exact) mass is 516 g/mol. The van der Waals surface area contributed by atoms with E-state index in [-0.39, 0.29) is 5.28 Å². The Morgan fingerprint density at radius 2 is 1.77 bits per heavy atom. The molecule has 5 rings (SSSR count). The zero-order chi connectivity index (χ0) is 25.3. The molecule has 0 bridgehead atoms. The van der Waals surface area contributed by atoms with Crippen LogP contribution in [0.15, 0.2) is 36.5 Å². The summed E-state index contributed by atoms with van der Waals surface area (Å²) in [6.07, 6.45) is 7.67. The first-order valence-electron chi connectivity index (χ1n) is 11.6. The van der Waals surface area contributed by atoms with Gasteiger partial charge in [0.2, 0.25) is 5.28 Å². The summed E-state index contributed by atoms with van der Waals surface area (Å²) in [5.74, 6) is -0.0189. The molecule has 1 saturated carbocycles. The standard InChI is InChI=1S/C22H22Cl2N6.C3H8O2/c23-17-11-14-5-3-13(10-18(14)27-20(17)26)2-1-12-4-6-15(9-12)30-8-7-16-19(25)28-22(24)29-21(16)30;1-3(2,4)5/h3,5,7-8,10-12,15H,1-2,4,6,9H2,(H2,26,27)(H2,25,28,29);4-5H,1-2H3. The molecule has 2 atom stereocenters. The normalized spacial score (nSPS) is 18.1. The first-order chi connectivity index (χ1) is 16.5. The van der Waals surface area contributed by atoms with E-state index in [1.165, 1.54) is 25.8 Å². The molecule has 4 aromatic rings. The molecule has 1 aliphatic rings. The highest BCUT2D eigenvalue weighted by atomic mass is 35.5. The lowest BCUT2D eigenvalue weighted by molar-refractivity contribution is -0.127. The van der Waals surface area contributed by atoms with Crippen molar-refractivity contribution in [2.45, 2.75) is 57.8 Å². The molecule has 0 amide bonds.